The van der Waals surface area contributed by atoms with E-state index >= 15 is 0 Å². The van der Waals surface area contributed by atoms with Crippen molar-refractivity contribution in [3.05, 3.63) is 53.7 Å². The van der Waals surface area contributed by atoms with Crippen molar-refractivity contribution in [2.24, 2.45) is 0 Å². The summed E-state index contributed by atoms with van der Waals surface area (Å²) in [6.07, 6.45) is 8.92. The van der Waals surface area contributed by atoms with Crippen LogP contribution in [0.4, 0.5) is 5.82 Å². The van der Waals surface area contributed by atoms with Gasteiger partial charge in [0, 0.05) is 38.4 Å². The van der Waals surface area contributed by atoms with Gasteiger partial charge in [-0.15, -0.1) is 0 Å². The normalized spacial score (nSPS) is 13.6. The van der Waals surface area contributed by atoms with Crippen molar-refractivity contribution in [3.63, 3.8) is 0 Å². The highest BCUT2D eigenvalue weighted by molar-refractivity contribution is 5.93. The van der Waals surface area contributed by atoms with Crippen LogP contribution in [-0.2, 0) is 4.74 Å². The fraction of sp³-hybridized carbons (Fsp3) is 0.435. The molecule has 1 amide bonds. The van der Waals surface area contributed by atoms with Gasteiger partial charge in [-0.1, -0.05) is 42.0 Å². The Labute approximate surface area is 172 Å². The first-order chi connectivity index (χ1) is 14.3. The molecule has 0 atom stereocenters. The van der Waals surface area contributed by atoms with Gasteiger partial charge in [-0.05, 0) is 38.5 Å². The zero-order valence-electron chi connectivity index (χ0n) is 17.1. The lowest BCUT2D eigenvalue weighted by atomic mass is 9.97. The largest absolute Gasteiger partial charge is 0.385 e. The van der Waals surface area contributed by atoms with Gasteiger partial charge in [-0.2, -0.15) is 0 Å². The van der Waals surface area contributed by atoms with Crippen LogP contribution in [0.3, 0.4) is 0 Å². The third-order valence-corrected chi connectivity index (χ3v) is 4.94. The zero-order chi connectivity index (χ0) is 20.3. The van der Waals surface area contributed by atoms with E-state index in [1.54, 1.807) is 13.2 Å². The minimum absolute atomic E-state index is 0.166. The van der Waals surface area contributed by atoms with Crippen LogP contribution in [-0.4, -0.2) is 42.7 Å². The standard InChI is InChI=1S/C23H30N4O2/c1-29-16-8-14-24-21-17-20(26-22(27-21)19-11-6-3-7-12-19)23(28)25-15-13-18-9-4-2-5-10-18/h3,6-7,9,11-12,17H,2,4-5,8,10,13-16H2,1H3,(H,25,28)(H,24,26,27). The van der Waals surface area contributed by atoms with Gasteiger partial charge in [-0.3, -0.25) is 4.79 Å². The molecule has 2 aromatic rings. The van der Waals surface area contributed by atoms with Gasteiger partial charge in [-0.25, -0.2) is 9.97 Å². The second kappa shape index (κ2) is 11.3. The number of benzene rings is 1. The van der Waals surface area contributed by atoms with Crippen molar-refractivity contribution in [2.75, 3.05) is 32.1 Å². The van der Waals surface area contributed by atoms with Crippen LogP contribution in [0, 0.1) is 0 Å². The Morgan fingerprint density at radius 1 is 1.14 bits per heavy atom. The van der Waals surface area contributed by atoms with E-state index in [4.69, 9.17) is 4.74 Å². The summed E-state index contributed by atoms with van der Waals surface area (Å²) in [6.45, 7) is 2.02. The number of aromatic nitrogens is 2. The molecule has 2 N–H and O–H groups in total. The van der Waals surface area contributed by atoms with Crippen LogP contribution in [0.15, 0.2) is 48.0 Å². The second-order valence-corrected chi connectivity index (χ2v) is 7.22. The molecule has 0 saturated heterocycles. The fourth-order valence-corrected chi connectivity index (χ4v) is 3.36. The van der Waals surface area contributed by atoms with Crippen LogP contribution < -0.4 is 10.6 Å². The molecule has 0 fully saturated rings. The smallest absolute Gasteiger partial charge is 0.270 e. The van der Waals surface area contributed by atoms with Crippen LogP contribution >= 0.6 is 0 Å². The number of hydrogen-bond donors (Lipinski definition) is 2. The molecular weight excluding hydrogens is 364 g/mol. The summed E-state index contributed by atoms with van der Waals surface area (Å²) in [5, 5.41) is 6.28. The van der Waals surface area contributed by atoms with E-state index in [1.807, 2.05) is 30.3 Å². The number of ether oxygens (including phenoxy) is 1. The summed E-state index contributed by atoms with van der Waals surface area (Å²) >= 11 is 0. The Balaban J connectivity index is 1.69. The molecule has 0 unspecified atom stereocenters. The Bertz CT molecular complexity index is 821. The maximum absolute atomic E-state index is 12.7. The molecule has 1 aromatic heterocycles. The molecule has 1 aromatic carbocycles. The number of amides is 1. The van der Waals surface area contributed by atoms with E-state index in [-0.39, 0.29) is 5.91 Å². The summed E-state index contributed by atoms with van der Waals surface area (Å²) in [4.78, 5) is 21.8. The Kier molecular flexibility index (Phi) is 8.19. The molecule has 6 heteroatoms. The SMILES string of the molecule is COCCCNc1cc(C(=O)NCCC2=CCCCC2)nc(-c2ccccc2)n1. The number of nitrogens with zero attached hydrogens (tertiary/aromatic N) is 2. The molecule has 0 radical (unpaired) electrons. The molecule has 1 aliphatic rings. The maximum atomic E-state index is 12.7. The predicted molar refractivity (Wildman–Crippen MR) is 116 cm³/mol. The minimum Gasteiger partial charge on any atom is -0.385 e. The quantitative estimate of drug-likeness (QED) is 0.466. The fourth-order valence-electron chi connectivity index (χ4n) is 3.36. The van der Waals surface area contributed by atoms with Gasteiger partial charge in [0.25, 0.3) is 5.91 Å². The van der Waals surface area contributed by atoms with Crippen LogP contribution in [0.2, 0.25) is 0 Å². The van der Waals surface area contributed by atoms with Crippen molar-refractivity contribution in [1.82, 2.24) is 15.3 Å². The Morgan fingerprint density at radius 2 is 2.00 bits per heavy atom. The number of allylic oxidation sites excluding steroid dienone is 1. The lowest BCUT2D eigenvalue weighted by Crippen LogP contribution is -2.26. The van der Waals surface area contributed by atoms with Gasteiger partial charge in [0.2, 0.25) is 0 Å². The molecule has 29 heavy (non-hydrogen) atoms. The summed E-state index contributed by atoms with van der Waals surface area (Å²) in [5.41, 5.74) is 2.71. The summed E-state index contributed by atoms with van der Waals surface area (Å²) < 4.78 is 5.09. The average molecular weight is 395 g/mol. The monoisotopic (exact) mass is 394 g/mol. The summed E-state index contributed by atoms with van der Waals surface area (Å²) in [5.74, 6) is 1.03. The highest BCUT2D eigenvalue weighted by Crippen LogP contribution is 2.20. The highest BCUT2D eigenvalue weighted by atomic mass is 16.5. The third-order valence-electron chi connectivity index (χ3n) is 4.94. The summed E-state index contributed by atoms with van der Waals surface area (Å²) in [6, 6.07) is 11.4. The number of anilines is 1. The van der Waals surface area contributed by atoms with Crippen molar-refractivity contribution >= 4 is 11.7 Å². The second-order valence-electron chi connectivity index (χ2n) is 7.22. The van der Waals surface area contributed by atoms with Gasteiger partial charge in [0.15, 0.2) is 5.82 Å². The van der Waals surface area contributed by atoms with Crippen molar-refractivity contribution in [2.45, 2.75) is 38.5 Å². The van der Waals surface area contributed by atoms with E-state index in [2.05, 4.69) is 26.7 Å². The third kappa shape index (κ3) is 6.68. The lowest BCUT2D eigenvalue weighted by molar-refractivity contribution is 0.0949. The van der Waals surface area contributed by atoms with Gasteiger partial charge in [0.05, 0.1) is 0 Å². The first-order valence-corrected chi connectivity index (χ1v) is 10.4. The van der Waals surface area contributed by atoms with Crippen LogP contribution in [0.5, 0.6) is 0 Å². The van der Waals surface area contributed by atoms with E-state index in [0.717, 1.165) is 31.2 Å². The van der Waals surface area contributed by atoms with Gasteiger partial charge >= 0.3 is 0 Å². The summed E-state index contributed by atoms with van der Waals surface area (Å²) in [7, 11) is 1.68. The van der Waals surface area contributed by atoms with E-state index in [1.165, 1.54) is 18.4 Å². The molecule has 0 spiro atoms. The van der Waals surface area contributed by atoms with Crippen LogP contribution in [0.1, 0.15) is 49.0 Å². The molecule has 1 aliphatic carbocycles. The molecule has 3 rings (SSSR count). The lowest BCUT2D eigenvalue weighted by Gasteiger charge is -2.13. The number of nitrogens with one attached hydrogen (secondary N) is 2. The highest BCUT2D eigenvalue weighted by Gasteiger charge is 2.13. The van der Waals surface area contributed by atoms with E-state index in [9.17, 15) is 4.79 Å². The van der Waals surface area contributed by atoms with Crippen molar-refractivity contribution in [1.29, 1.82) is 0 Å². The van der Waals surface area contributed by atoms with Crippen LogP contribution in [0.25, 0.3) is 11.4 Å². The van der Waals surface area contributed by atoms with Crippen molar-refractivity contribution < 1.29 is 9.53 Å². The number of hydrogen-bond acceptors (Lipinski definition) is 5. The number of methoxy groups -OCH3 is 1. The van der Waals surface area contributed by atoms with Gasteiger partial charge < -0.3 is 15.4 Å². The number of rotatable bonds is 10. The molecule has 1 heterocycles. The molecule has 0 aliphatic heterocycles. The first-order valence-electron chi connectivity index (χ1n) is 10.4. The van der Waals surface area contributed by atoms with Crippen molar-refractivity contribution in [3.8, 4) is 11.4 Å². The van der Waals surface area contributed by atoms with E-state index in [0.29, 0.717) is 37.0 Å². The Morgan fingerprint density at radius 3 is 2.76 bits per heavy atom. The minimum atomic E-state index is -0.166. The zero-order valence-corrected chi connectivity index (χ0v) is 17.1. The average Bonchev–Trinajstić information content (AvgIpc) is 2.78. The maximum Gasteiger partial charge on any atom is 0.270 e. The van der Waals surface area contributed by atoms with E-state index < -0.39 is 0 Å². The molecular formula is C23H30N4O2. The molecule has 6 nitrogen and oxygen atoms in total. The topological polar surface area (TPSA) is 76.1 Å². The molecule has 0 bridgehead atoms. The number of carbonyl (C=O) groups excluding carboxylic acids is 1. The molecule has 154 valence electrons. The number of carbonyl (C=O) groups is 1. The Hall–Kier alpha value is -2.73. The predicted octanol–water partition coefficient (Wildman–Crippen LogP) is 4.21. The van der Waals surface area contributed by atoms with Gasteiger partial charge in [0.1, 0.15) is 11.5 Å². The molecule has 0 saturated carbocycles. The first kappa shape index (κ1) is 21.0.